The van der Waals surface area contributed by atoms with Crippen molar-refractivity contribution in [2.24, 2.45) is 0 Å². The van der Waals surface area contributed by atoms with Gasteiger partial charge in [0.2, 0.25) is 0 Å². The van der Waals surface area contributed by atoms with Gasteiger partial charge in [-0.2, -0.15) is 0 Å². The van der Waals surface area contributed by atoms with Crippen LogP contribution in [-0.2, 0) is 0 Å². The van der Waals surface area contributed by atoms with Crippen LogP contribution in [0.25, 0.3) is 0 Å². The number of hydrogen-bond donors (Lipinski definition) is 0. The van der Waals surface area contributed by atoms with Gasteiger partial charge in [-0.25, -0.2) is 0 Å². The van der Waals surface area contributed by atoms with Crippen molar-refractivity contribution < 1.29 is 0 Å². The second kappa shape index (κ2) is 6.51. The first kappa shape index (κ1) is 15.2. The molecular formula is C15H31NP2. The Morgan fingerprint density at radius 3 is 1.28 bits per heavy atom. The van der Waals surface area contributed by atoms with Crippen LogP contribution in [0, 0.1) is 0 Å². The lowest BCUT2D eigenvalue weighted by Gasteiger charge is -2.31. The Kier molecular flexibility index (Phi) is 5.51. The third-order valence-electron chi connectivity index (χ3n) is 5.08. The zero-order chi connectivity index (χ0) is 13.3. The number of hydrogen-bond acceptors (Lipinski definition) is 1. The summed E-state index contributed by atoms with van der Waals surface area (Å²) in [6.45, 7) is 9.98. The van der Waals surface area contributed by atoms with Gasteiger partial charge in [-0.3, -0.25) is 4.90 Å². The minimum atomic E-state index is 0.281. The van der Waals surface area contributed by atoms with Gasteiger partial charge >= 0.3 is 0 Å². The van der Waals surface area contributed by atoms with Crippen molar-refractivity contribution in [1.29, 1.82) is 0 Å². The number of rotatable bonds is 4. The lowest BCUT2D eigenvalue weighted by molar-refractivity contribution is 0.454. The van der Waals surface area contributed by atoms with Crippen molar-refractivity contribution in [3.05, 3.63) is 0 Å². The predicted octanol–water partition coefficient (Wildman–Crippen LogP) is 4.94. The van der Waals surface area contributed by atoms with Crippen LogP contribution < -0.4 is 0 Å². The SMILES string of the molecule is C[C@@H]1CC[C@@H](C)P1CN(C)CP1[C@@H](C)CC[C@@H]1C. The molecule has 2 aliphatic heterocycles. The predicted molar refractivity (Wildman–Crippen MR) is 87.7 cm³/mol. The monoisotopic (exact) mass is 287 g/mol. The van der Waals surface area contributed by atoms with Gasteiger partial charge in [0.15, 0.2) is 0 Å². The first-order chi connectivity index (χ1) is 8.49. The highest BCUT2D eigenvalue weighted by Gasteiger charge is 2.33. The maximum absolute atomic E-state index is 2.70. The van der Waals surface area contributed by atoms with Crippen LogP contribution in [0.4, 0.5) is 0 Å². The standard InChI is InChI=1S/C15H31NP2/c1-12-6-7-13(2)17(12)10-16(5)11-18-14(3)8-9-15(18)4/h12-15H,6-11H2,1-5H3/t12-,13-,14+,15+. The van der Waals surface area contributed by atoms with E-state index in [9.17, 15) is 0 Å². The largest absolute Gasteiger partial charge is 0.298 e. The summed E-state index contributed by atoms with van der Waals surface area (Å²) in [5.41, 5.74) is 4.07. The molecule has 0 aromatic carbocycles. The van der Waals surface area contributed by atoms with Crippen LogP contribution in [0.3, 0.4) is 0 Å². The molecule has 2 rings (SSSR count). The molecule has 0 N–H and O–H groups in total. The highest BCUT2D eigenvalue weighted by Crippen LogP contribution is 2.58. The van der Waals surface area contributed by atoms with Crippen molar-refractivity contribution in [1.82, 2.24) is 4.90 Å². The summed E-state index contributed by atoms with van der Waals surface area (Å²) in [5, 5.41) is 0. The maximum atomic E-state index is 2.70. The first-order valence-corrected chi connectivity index (χ1v) is 11.0. The molecule has 3 heteroatoms. The molecule has 0 aliphatic carbocycles. The van der Waals surface area contributed by atoms with Crippen molar-refractivity contribution in [3.63, 3.8) is 0 Å². The van der Waals surface area contributed by atoms with Gasteiger partial charge < -0.3 is 0 Å². The molecule has 18 heavy (non-hydrogen) atoms. The summed E-state index contributed by atoms with van der Waals surface area (Å²) in [6.07, 6.45) is 8.78. The van der Waals surface area contributed by atoms with E-state index >= 15 is 0 Å². The second-order valence-corrected chi connectivity index (χ2v) is 12.9. The van der Waals surface area contributed by atoms with Crippen molar-refractivity contribution in [3.8, 4) is 0 Å². The topological polar surface area (TPSA) is 3.24 Å². The summed E-state index contributed by atoms with van der Waals surface area (Å²) in [6, 6.07) is 0. The minimum absolute atomic E-state index is 0.281. The molecular weight excluding hydrogens is 256 g/mol. The Morgan fingerprint density at radius 2 is 1.00 bits per heavy atom. The van der Waals surface area contributed by atoms with E-state index in [4.69, 9.17) is 0 Å². The Hall–Kier alpha value is 0.820. The molecule has 2 saturated heterocycles. The molecule has 4 atom stereocenters. The highest BCUT2D eigenvalue weighted by atomic mass is 31.1. The Labute approximate surface area is 117 Å². The van der Waals surface area contributed by atoms with E-state index in [-0.39, 0.29) is 15.8 Å². The van der Waals surface area contributed by atoms with E-state index in [1.165, 1.54) is 38.3 Å². The van der Waals surface area contributed by atoms with E-state index in [1.54, 1.807) is 0 Å². The summed E-state index contributed by atoms with van der Waals surface area (Å²) in [7, 11) is 2.95. The third kappa shape index (κ3) is 3.47. The van der Waals surface area contributed by atoms with Crippen molar-refractivity contribution in [2.75, 3.05) is 19.6 Å². The summed E-state index contributed by atoms with van der Waals surface area (Å²) >= 11 is 0. The Morgan fingerprint density at radius 1 is 0.722 bits per heavy atom. The van der Waals surface area contributed by atoms with Gasteiger partial charge in [0.05, 0.1) is 0 Å². The smallest absolute Gasteiger partial charge is 0.0189 e. The van der Waals surface area contributed by atoms with E-state index in [0.717, 1.165) is 22.6 Å². The molecule has 0 amide bonds. The third-order valence-corrected chi connectivity index (χ3v) is 12.3. The summed E-state index contributed by atoms with van der Waals surface area (Å²) < 4.78 is 0. The molecule has 0 aromatic heterocycles. The van der Waals surface area contributed by atoms with Gasteiger partial charge in [0.1, 0.15) is 0 Å². The fourth-order valence-corrected chi connectivity index (χ4v) is 9.91. The van der Waals surface area contributed by atoms with E-state index in [2.05, 4.69) is 39.6 Å². The van der Waals surface area contributed by atoms with Gasteiger partial charge in [-0.15, -0.1) is 0 Å². The maximum Gasteiger partial charge on any atom is 0.0189 e. The van der Waals surface area contributed by atoms with Crippen LogP contribution in [0.1, 0.15) is 53.4 Å². The lowest BCUT2D eigenvalue weighted by atomic mass is 10.2. The van der Waals surface area contributed by atoms with Gasteiger partial charge in [0.25, 0.3) is 0 Å². The minimum Gasteiger partial charge on any atom is -0.298 e. The van der Waals surface area contributed by atoms with Gasteiger partial charge in [-0.1, -0.05) is 43.5 Å². The van der Waals surface area contributed by atoms with Crippen molar-refractivity contribution in [2.45, 2.75) is 76.0 Å². The Bertz CT molecular complexity index is 225. The average molecular weight is 287 g/mol. The molecule has 2 fully saturated rings. The van der Waals surface area contributed by atoms with Crippen LogP contribution in [0.15, 0.2) is 0 Å². The molecule has 0 spiro atoms. The zero-order valence-corrected chi connectivity index (χ0v) is 14.7. The molecule has 0 saturated carbocycles. The molecule has 0 radical (unpaired) electrons. The lowest BCUT2D eigenvalue weighted by Crippen LogP contribution is -2.24. The van der Waals surface area contributed by atoms with Gasteiger partial charge in [-0.05, 0) is 55.4 Å². The van der Waals surface area contributed by atoms with Crippen LogP contribution in [-0.4, -0.2) is 47.2 Å². The molecule has 0 unspecified atom stereocenters. The van der Waals surface area contributed by atoms with Crippen molar-refractivity contribution >= 4 is 15.8 Å². The molecule has 0 bridgehead atoms. The van der Waals surface area contributed by atoms with E-state index in [1.807, 2.05) is 0 Å². The summed E-state index contributed by atoms with van der Waals surface area (Å²) in [5.74, 6) is 0. The summed E-state index contributed by atoms with van der Waals surface area (Å²) in [4.78, 5) is 2.70. The molecule has 0 aromatic rings. The second-order valence-electron chi connectivity index (χ2n) is 6.72. The van der Waals surface area contributed by atoms with Gasteiger partial charge in [0, 0.05) is 12.6 Å². The van der Waals surface area contributed by atoms with Crippen LogP contribution in [0.5, 0.6) is 0 Å². The number of nitrogens with zero attached hydrogens (tertiary/aromatic N) is 1. The fraction of sp³-hybridized carbons (Fsp3) is 1.00. The first-order valence-electron chi connectivity index (χ1n) is 7.69. The normalized spacial score (nSPS) is 39.0. The molecule has 2 aliphatic rings. The quantitative estimate of drug-likeness (QED) is 0.662. The van der Waals surface area contributed by atoms with Crippen LogP contribution >= 0.6 is 15.8 Å². The Balaban J connectivity index is 1.83. The van der Waals surface area contributed by atoms with E-state index in [0.29, 0.717) is 0 Å². The molecule has 2 heterocycles. The zero-order valence-electron chi connectivity index (χ0n) is 12.9. The molecule has 1 nitrogen and oxygen atoms in total. The molecule has 106 valence electrons. The van der Waals surface area contributed by atoms with Crippen LogP contribution in [0.2, 0.25) is 0 Å². The highest BCUT2D eigenvalue weighted by molar-refractivity contribution is 7.60. The van der Waals surface area contributed by atoms with E-state index < -0.39 is 0 Å². The average Bonchev–Trinajstić information content (AvgIpc) is 2.79. The fourth-order valence-electron chi connectivity index (χ4n) is 3.66.